The second kappa shape index (κ2) is 10.7. The highest BCUT2D eigenvalue weighted by Gasteiger charge is 2.33. The molecule has 0 N–H and O–H groups in total. The van der Waals surface area contributed by atoms with Crippen molar-refractivity contribution < 1.29 is 4.79 Å². The van der Waals surface area contributed by atoms with Crippen LogP contribution in [0.15, 0.2) is 88.4 Å². The number of amides is 1. The van der Waals surface area contributed by atoms with Gasteiger partial charge in [0.2, 0.25) is 5.13 Å². The molecule has 0 spiro atoms. The van der Waals surface area contributed by atoms with E-state index in [4.69, 9.17) is 5.10 Å². The number of hydrazone groups is 1. The monoisotopic (exact) mass is 512 g/mol. The van der Waals surface area contributed by atoms with E-state index in [0.717, 1.165) is 39.5 Å². The fourth-order valence-electron chi connectivity index (χ4n) is 4.11. The van der Waals surface area contributed by atoms with Crippen LogP contribution in [0.4, 0.5) is 10.8 Å². The molecule has 0 fully saturated rings. The van der Waals surface area contributed by atoms with Crippen LogP contribution >= 0.6 is 23.1 Å². The van der Waals surface area contributed by atoms with Gasteiger partial charge in [0, 0.05) is 29.4 Å². The first kappa shape index (κ1) is 24.3. The number of hydrogen-bond acceptors (Lipinski definition) is 6. The Hall–Kier alpha value is -3.42. The van der Waals surface area contributed by atoms with Gasteiger partial charge in [-0.05, 0) is 68.8 Å². The summed E-state index contributed by atoms with van der Waals surface area (Å²) >= 11 is 3.17. The summed E-state index contributed by atoms with van der Waals surface area (Å²) in [5.41, 5.74) is 5.64. The highest BCUT2D eigenvalue weighted by Crippen LogP contribution is 2.34. The Morgan fingerprint density at radius 1 is 0.972 bits per heavy atom. The Morgan fingerprint density at radius 2 is 1.69 bits per heavy atom. The highest BCUT2D eigenvalue weighted by atomic mass is 32.2. The third-order valence-corrected chi connectivity index (χ3v) is 8.18. The van der Waals surface area contributed by atoms with Crippen LogP contribution in [0.3, 0.4) is 0 Å². The molecule has 182 valence electrons. The predicted octanol–water partition coefficient (Wildman–Crippen LogP) is 7.03. The molecule has 1 aliphatic heterocycles. The topological polar surface area (TPSA) is 48.8 Å². The van der Waals surface area contributed by atoms with E-state index >= 15 is 0 Å². The van der Waals surface area contributed by atoms with Crippen LogP contribution in [0.2, 0.25) is 0 Å². The van der Waals surface area contributed by atoms with Crippen molar-refractivity contribution in [1.82, 2.24) is 4.98 Å². The lowest BCUT2D eigenvalue weighted by atomic mass is 10.1. The first-order valence-electron chi connectivity index (χ1n) is 12.1. The molecule has 1 aromatic heterocycles. The first-order chi connectivity index (χ1) is 17.6. The molecule has 0 aliphatic carbocycles. The number of thiazole rings is 1. The van der Waals surface area contributed by atoms with E-state index in [2.05, 4.69) is 79.2 Å². The lowest BCUT2D eigenvalue weighted by Gasteiger charge is -2.20. The van der Waals surface area contributed by atoms with E-state index in [1.807, 2.05) is 30.3 Å². The molecular formula is C29H28N4OS2. The standard InChI is InChI=1S/C29H28N4OS2/c1-4-32(5-2)22-14-12-21(13-15-22)18-24-26(19-35-23-16-10-20(3)11-17-23)31-33(28(24)34)29-30-25-8-6-7-9-27(25)36-29/h6-18H,4-5,19H2,1-3H3/b24-18+. The van der Waals surface area contributed by atoms with Gasteiger partial charge in [-0.25, -0.2) is 4.98 Å². The van der Waals surface area contributed by atoms with Gasteiger partial charge in [-0.15, -0.1) is 11.8 Å². The molecule has 4 aromatic rings. The minimum Gasteiger partial charge on any atom is -0.372 e. The van der Waals surface area contributed by atoms with Gasteiger partial charge in [-0.1, -0.05) is 53.3 Å². The number of nitrogens with zero attached hydrogens (tertiary/aromatic N) is 4. The van der Waals surface area contributed by atoms with Crippen molar-refractivity contribution in [2.45, 2.75) is 25.7 Å². The zero-order valence-electron chi connectivity index (χ0n) is 20.6. The van der Waals surface area contributed by atoms with Crippen molar-refractivity contribution in [3.05, 3.63) is 89.5 Å². The van der Waals surface area contributed by atoms with Crippen molar-refractivity contribution in [2.24, 2.45) is 5.10 Å². The molecule has 0 bridgehead atoms. The van der Waals surface area contributed by atoms with E-state index in [-0.39, 0.29) is 5.91 Å². The first-order valence-corrected chi connectivity index (χ1v) is 13.9. The highest BCUT2D eigenvalue weighted by molar-refractivity contribution is 8.00. The molecule has 0 saturated heterocycles. The number of para-hydroxylation sites is 1. The van der Waals surface area contributed by atoms with Crippen molar-refractivity contribution in [3.8, 4) is 0 Å². The minimum absolute atomic E-state index is 0.138. The molecule has 7 heteroatoms. The Labute approximate surface area is 220 Å². The van der Waals surface area contributed by atoms with E-state index in [1.54, 1.807) is 11.8 Å². The lowest BCUT2D eigenvalue weighted by molar-refractivity contribution is -0.114. The van der Waals surface area contributed by atoms with Crippen molar-refractivity contribution in [2.75, 3.05) is 28.8 Å². The predicted molar refractivity (Wildman–Crippen MR) is 154 cm³/mol. The Kier molecular flexibility index (Phi) is 7.20. The van der Waals surface area contributed by atoms with Gasteiger partial charge >= 0.3 is 0 Å². The normalized spacial score (nSPS) is 14.6. The Bertz CT molecular complexity index is 1400. The largest absolute Gasteiger partial charge is 0.372 e. The maximum atomic E-state index is 13.6. The molecule has 36 heavy (non-hydrogen) atoms. The van der Waals surface area contributed by atoms with Gasteiger partial charge in [0.05, 0.1) is 21.5 Å². The number of fused-ring (bicyclic) bond motifs is 1. The summed E-state index contributed by atoms with van der Waals surface area (Å²) in [4.78, 5) is 21.7. The Morgan fingerprint density at radius 3 is 2.39 bits per heavy atom. The molecule has 5 nitrogen and oxygen atoms in total. The van der Waals surface area contributed by atoms with Crippen LogP contribution < -0.4 is 9.91 Å². The third kappa shape index (κ3) is 5.08. The molecule has 3 aromatic carbocycles. The second-order valence-electron chi connectivity index (χ2n) is 8.55. The number of thioether (sulfide) groups is 1. The number of carbonyl (C=O) groups is 1. The van der Waals surface area contributed by atoms with E-state index in [0.29, 0.717) is 16.5 Å². The maximum Gasteiger partial charge on any atom is 0.282 e. The van der Waals surface area contributed by atoms with Crippen LogP contribution in [0, 0.1) is 6.92 Å². The van der Waals surface area contributed by atoms with Crippen LogP contribution in [0.1, 0.15) is 25.0 Å². The fourth-order valence-corrected chi connectivity index (χ4v) is 5.87. The molecule has 1 amide bonds. The average molecular weight is 513 g/mol. The summed E-state index contributed by atoms with van der Waals surface area (Å²) in [6.07, 6.45) is 1.95. The van der Waals surface area contributed by atoms with E-state index in [9.17, 15) is 4.79 Å². The SMILES string of the molecule is CCN(CC)c1ccc(/C=C2/C(=O)N(c3nc4ccccc4s3)N=C2CSc2ccc(C)cc2)cc1. The number of anilines is 2. The van der Waals surface area contributed by atoms with Gasteiger partial charge < -0.3 is 4.90 Å². The smallest absolute Gasteiger partial charge is 0.282 e. The Balaban J connectivity index is 1.47. The summed E-state index contributed by atoms with van der Waals surface area (Å²) in [6, 6.07) is 24.7. The summed E-state index contributed by atoms with van der Waals surface area (Å²) in [5.74, 6) is 0.459. The number of aromatic nitrogens is 1. The molecule has 2 heterocycles. The van der Waals surface area contributed by atoms with Gasteiger partial charge in [0.1, 0.15) is 0 Å². The zero-order valence-corrected chi connectivity index (χ0v) is 22.3. The second-order valence-corrected chi connectivity index (χ2v) is 10.6. The molecule has 0 unspecified atom stereocenters. The molecule has 0 saturated carbocycles. The van der Waals surface area contributed by atoms with Crippen LogP contribution in [-0.2, 0) is 4.79 Å². The van der Waals surface area contributed by atoms with Crippen molar-refractivity contribution >= 4 is 61.8 Å². The number of benzene rings is 3. The minimum atomic E-state index is -0.138. The zero-order chi connectivity index (χ0) is 25.1. The fraction of sp³-hybridized carbons (Fsp3) is 0.207. The molecular weight excluding hydrogens is 484 g/mol. The molecule has 1 aliphatic rings. The summed E-state index contributed by atoms with van der Waals surface area (Å²) < 4.78 is 1.04. The molecule has 0 atom stereocenters. The van der Waals surface area contributed by atoms with Crippen molar-refractivity contribution in [3.63, 3.8) is 0 Å². The van der Waals surface area contributed by atoms with Crippen LogP contribution in [-0.4, -0.2) is 35.4 Å². The van der Waals surface area contributed by atoms with Crippen molar-refractivity contribution in [1.29, 1.82) is 0 Å². The van der Waals surface area contributed by atoms with E-state index in [1.165, 1.54) is 27.6 Å². The quantitative estimate of drug-likeness (QED) is 0.188. The third-order valence-electron chi connectivity index (χ3n) is 6.15. The van der Waals surface area contributed by atoms with E-state index < -0.39 is 0 Å². The van der Waals surface area contributed by atoms with Crippen LogP contribution in [0.25, 0.3) is 16.3 Å². The van der Waals surface area contributed by atoms with Gasteiger partial charge in [0.25, 0.3) is 5.91 Å². The maximum absolute atomic E-state index is 13.6. The van der Waals surface area contributed by atoms with Crippen LogP contribution in [0.5, 0.6) is 0 Å². The number of aryl methyl sites for hydroxylation is 1. The molecule has 0 radical (unpaired) electrons. The average Bonchev–Trinajstić information content (AvgIpc) is 3.46. The summed E-state index contributed by atoms with van der Waals surface area (Å²) in [6.45, 7) is 8.30. The lowest BCUT2D eigenvalue weighted by Crippen LogP contribution is -2.21. The number of hydrogen-bond donors (Lipinski definition) is 0. The van der Waals surface area contributed by atoms with Gasteiger partial charge in [-0.2, -0.15) is 10.1 Å². The van der Waals surface area contributed by atoms with Gasteiger partial charge in [0.15, 0.2) is 0 Å². The number of rotatable bonds is 8. The summed E-state index contributed by atoms with van der Waals surface area (Å²) in [5, 5.41) is 6.83. The number of carbonyl (C=O) groups excluding carboxylic acids is 1. The summed E-state index contributed by atoms with van der Waals surface area (Å²) in [7, 11) is 0. The van der Waals surface area contributed by atoms with Gasteiger partial charge in [-0.3, -0.25) is 4.79 Å². The molecule has 5 rings (SSSR count).